The minimum Gasteiger partial charge on any atom is -0.330 e. The number of rotatable bonds is 1. The van der Waals surface area contributed by atoms with Crippen LogP contribution in [-0.2, 0) is 0 Å². The highest BCUT2D eigenvalue weighted by molar-refractivity contribution is 5.14. The molecule has 0 aromatic heterocycles. The van der Waals surface area contributed by atoms with E-state index >= 15 is 0 Å². The lowest BCUT2D eigenvalue weighted by Gasteiger charge is -2.28. The lowest BCUT2D eigenvalue weighted by Crippen LogP contribution is -2.24. The summed E-state index contributed by atoms with van der Waals surface area (Å²) in [6.07, 6.45) is 5.43. The van der Waals surface area contributed by atoms with E-state index < -0.39 is 0 Å². The van der Waals surface area contributed by atoms with Crippen LogP contribution < -0.4 is 5.73 Å². The zero-order chi connectivity index (χ0) is 7.84. The van der Waals surface area contributed by atoms with Crippen LogP contribution in [0.25, 0.3) is 0 Å². The van der Waals surface area contributed by atoms with Gasteiger partial charge in [-0.3, -0.25) is 0 Å². The van der Waals surface area contributed by atoms with Crippen molar-refractivity contribution < 1.29 is 0 Å². The van der Waals surface area contributed by atoms with Crippen LogP contribution in [0.1, 0.15) is 25.7 Å². The first-order chi connectivity index (χ1) is 5.31. The summed E-state index contributed by atoms with van der Waals surface area (Å²) < 4.78 is 0. The van der Waals surface area contributed by atoms with Gasteiger partial charge >= 0.3 is 0 Å². The molecule has 1 heteroatoms. The summed E-state index contributed by atoms with van der Waals surface area (Å²) in [4.78, 5) is 0. The van der Waals surface area contributed by atoms with Crippen LogP contribution >= 0.6 is 0 Å². The molecule has 0 spiro atoms. The lowest BCUT2D eigenvalue weighted by atomic mass is 9.78. The van der Waals surface area contributed by atoms with E-state index in [-0.39, 0.29) is 0 Å². The Hall–Kier alpha value is -0.300. The summed E-state index contributed by atoms with van der Waals surface area (Å²) in [5.41, 5.74) is 7.21. The molecule has 0 aromatic carbocycles. The Kier molecular flexibility index (Phi) is 1.76. The Bertz CT molecular complexity index is 158. The topological polar surface area (TPSA) is 26.0 Å². The average molecular weight is 151 g/mol. The molecule has 62 valence electrons. The fourth-order valence-corrected chi connectivity index (χ4v) is 2.74. The van der Waals surface area contributed by atoms with Crippen molar-refractivity contribution in [3.05, 3.63) is 12.2 Å². The summed E-state index contributed by atoms with van der Waals surface area (Å²) in [6, 6.07) is 0. The van der Waals surface area contributed by atoms with Crippen LogP contribution in [0.3, 0.4) is 0 Å². The Labute approximate surface area is 68.7 Å². The van der Waals surface area contributed by atoms with E-state index in [1.165, 1.54) is 31.3 Å². The van der Waals surface area contributed by atoms with Crippen molar-refractivity contribution in [2.75, 3.05) is 6.54 Å². The Morgan fingerprint density at radius 3 is 2.27 bits per heavy atom. The molecule has 1 nitrogen and oxygen atoms in total. The fraction of sp³-hybridized carbons (Fsp3) is 0.800. The monoisotopic (exact) mass is 151 g/mol. The van der Waals surface area contributed by atoms with Gasteiger partial charge in [-0.1, -0.05) is 12.2 Å². The van der Waals surface area contributed by atoms with E-state index in [2.05, 4.69) is 6.58 Å². The van der Waals surface area contributed by atoms with Crippen molar-refractivity contribution in [2.24, 2.45) is 23.5 Å². The molecule has 0 amide bonds. The summed E-state index contributed by atoms with van der Waals surface area (Å²) in [5, 5.41) is 0. The lowest BCUT2D eigenvalue weighted by molar-refractivity contribution is 0.337. The van der Waals surface area contributed by atoms with E-state index in [0.717, 1.165) is 24.3 Å². The van der Waals surface area contributed by atoms with Gasteiger partial charge in [0.05, 0.1) is 0 Å². The van der Waals surface area contributed by atoms with Gasteiger partial charge in [0.1, 0.15) is 0 Å². The molecule has 2 bridgehead atoms. The molecule has 0 saturated heterocycles. The first-order valence-electron chi connectivity index (χ1n) is 4.70. The molecule has 0 aliphatic heterocycles. The van der Waals surface area contributed by atoms with Crippen LogP contribution in [0.2, 0.25) is 0 Å². The van der Waals surface area contributed by atoms with Crippen LogP contribution in [0.15, 0.2) is 12.2 Å². The highest BCUT2D eigenvalue weighted by Gasteiger charge is 2.36. The molecular weight excluding hydrogens is 134 g/mol. The van der Waals surface area contributed by atoms with Gasteiger partial charge in [0.15, 0.2) is 0 Å². The molecule has 2 rings (SSSR count). The maximum atomic E-state index is 5.67. The summed E-state index contributed by atoms with van der Waals surface area (Å²) in [5.74, 6) is 2.47. The predicted molar refractivity (Wildman–Crippen MR) is 47.1 cm³/mol. The third kappa shape index (κ3) is 1.12. The molecule has 2 N–H and O–H groups in total. The number of nitrogens with two attached hydrogens (primary N) is 1. The summed E-state index contributed by atoms with van der Waals surface area (Å²) in [6.45, 7) is 5.06. The van der Waals surface area contributed by atoms with E-state index in [1.54, 1.807) is 0 Å². The van der Waals surface area contributed by atoms with Crippen LogP contribution in [0.4, 0.5) is 0 Å². The molecule has 2 atom stereocenters. The normalized spacial score (nSPS) is 43.0. The van der Waals surface area contributed by atoms with Gasteiger partial charge in [-0.25, -0.2) is 0 Å². The van der Waals surface area contributed by atoms with Gasteiger partial charge in [0.25, 0.3) is 0 Å². The van der Waals surface area contributed by atoms with Crippen molar-refractivity contribution in [2.45, 2.75) is 25.7 Å². The Morgan fingerprint density at radius 2 is 1.82 bits per heavy atom. The summed E-state index contributed by atoms with van der Waals surface area (Å²) >= 11 is 0. The molecule has 2 aliphatic rings. The van der Waals surface area contributed by atoms with Gasteiger partial charge in [0.2, 0.25) is 0 Å². The predicted octanol–water partition coefficient (Wildman–Crippen LogP) is 1.94. The average Bonchev–Trinajstić information content (AvgIpc) is 2.26. The largest absolute Gasteiger partial charge is 0.330 e. The quantitative estimate of drug-likeness (QED) is 0.569. The second kappa shape index (κ2) is 2.63. The van der Waals surface area contributed by atoms with E-state index in [4.69, 9.17) is 5.73 Å². The van der Waals surface area contributed by atoms with Gasteiger partial charge in [-0.15, -0.1) is 0 Å². The number of fused-ring (bicyclic) bond motifs is 2. The number of hydrogen-bond acceptors (Lipinski definition) is 1. The zero-order valence-electron chi connectivity index (χ0n) is 7.05. The third-order valence-electron chi connectivity index (χ3n) is 3.48. The molecule has 2 fully saturated rings. The van der Waals surface area contributed by atoms with Gasteiger partial charge in [0, 0.05) is 0 Å². The van der Waals surface area contributed by atoms with Crippen molar-refractivity contribution in [3.8, 4) is 0 Å². The molecule has 2 saturated carbocycles. The smallest absolute Gasteiger partial charge is 0.00484 e. The maximum Gasteiger partial charge on any atom is -0.00484 e. The Morgan fingerprint density at radius 1 is 1.27 bits per heavy atom. The molecule has 11 heavy (non-hydrogen) atoms. The Balaban J connectivity index is 2.08. The van der Waals surface area contributed by atoms with Crippen LogP contribution in [0, 0.1) is 17.8 Å². The van der Waals surface area contributed by atoms with Crippen LogP contribution in [0.5, 0.6) is 0 Å². The fourth-order valence-electron chi connectivity index (χ4n) is 2.74. The van der Waals surface area contributed by atoms with Gasteiger partial charge in [-0.05, 0) is 50.0 Å². The SMILES string of the molecule is C=C1C2CCC1CC(CN)C2. The molecular formula is C10H17N. The second-order valence-corrected chi connectivity index (χ2v) is 4.12. The van der Waals surface area contributed by atoms with Crippen molar-refractivity contribution >= 4 is 0 Å². The third-order valence-corrected chi connectivity index (χ3v) is 3.48. The van der Waals surface area contributed by atoms with Gasteiger partial charge in [-0.2, -0.15) is 0 Å². The zero-order valence-corrected chi connectivity index (χ0v) is 7.05. The van der Waals surface area contributed by atoms with E-state index in [9.17, 15) is 0 Å². The van der Waals surface area contributed by atoms with Gasteiger partial charge < -0.3 is 5.73 Å². The van der Waals surface area contributed by atoms with Crippen molar-refractivity contribution in [1.29, 1.82) is 0 Å². The number of allylic oxidation sites excluding steroid dienone is 1. The molecule has 2 unspecified atom stereocenters. The molecule has 0 heterocycles. The highest BCUT2D eigenvalue weighted by Crippen LogP contribution is 2.47. The van der Waals surface area contributed by atoms with Crippen molar-refractivity contribution in [3.63, 3.8) is 0 Å². The minimum absolute atomic E-state index is 0.804. The molecule has 2 aliphatic carbocycles. The standard InChI is InChI=1S/C10H17N/c1-7-9-2-3-10(7)5-8(4-9)6-11/h8-10H,1-6,11H2. The molecule has 0 aromatic rings. The van der Waals surface area contributed by atoms with Crippen molar-refractivity contribution in [1.82, 2.24) is 0 Å². The first-order valence-corrected chi connectivity index (χ1v) is 4.70. The summed E-state index contributed by atoms with van der Waals surface area (Å²) in [7, 11) is 0. The highest BCUT2D eigenvalue weighted by atomic mass is 14.6. The first kappa shape index (κ1) is 7.35. The molecule has 0 radical (unpaired) electrons. The maximum absolute atomic E-state index is 5.67. The minimum atomic E-state index is 0.804. The van der Waals surface area contributed by atoms with E-state index in [0.29, 0.717) is 0 Å². The second-order valence-electron chi connectivity index (χ2n) is 4.12. The van der Waals surface area contributed by atoms with Crippen LogP contribution in [-0.4, -0.2) is 6.54 Å². The van der Waals surface area contributed by atoms with E-state index in [1.807, 2.05) is 0 Å². The number of hydrogen-bond donors (Lipinski definition) is 1.